The number of aryl methyl sites for hydroxylation is 2. The van der Waals surface area contributed by atoms with Crippen LogP contribution >= 0.6 is 11.3 Å². The highest BCUT2D eigenvalue weighted by Gasteiger charge is 2.15. The summed E-state index contributed by atoms with van der Waals surface area (Å²) < 4.78 is 12.9. The molecule has 0 saturated heterocycles. The third-order valence-corrected chi connectivity index (χ3v) is 4.10. The van der Waals surface area contributed by atoms with E-state index in [1.54, 1.807) is 17.4 Å². The Balaban J connectivity index is 2.18. The summed E-state index contributed by atoms with van der Waals surface area (Å²) in [5, 5.41) is 4.47. The number of thiazole rings is 1. The molecule has 2 aromatic rings. The predicted octanol–water partition coefficient (Wildman–Crippen LogP) is 3.19. The molecule has 0 fully saturated rings. The molecule has 102 valence electrons. The zero-order valence-electron chi connectivity index (χ0n) is 11.4. The van der Waals surface area contributed by atoms with Gasteiger partial charge in [-0.2, -0.15) is 0 Å². The lowest BCUT2D eigenvalue weighted by molar-refractivity contribution is 0.530. The number of hydrogen-bond acceptors (Lipinski definition) is 4. The van der Waals surface area contributed by atoms with Gasteiger partial charge in [0.1, 0.15) is 5.82 Å². The standard InChI is InChI=1S/C14H18FN3S/c1-4-16-13(12-6-5-11(15)8-17-12)7-14-18-9(2)10(3)19-14/h5-6,8,13,16H,4,7H2,1-3H3. The lowest BCUT2D eigenvalue weighted by Gasteiger charge is -2.15. The Morgan fingerprint density at radius 3 is 2.68 bits per heavy atom. The van der Waals surface area contributed by atoms with Crippen LogP contribution < -0.4 is 5.32 Å². The van der Waals surface area contributed by atoms with Crippen LogP contribution in [0.4, 0.5) is 4.39 Å². The van der Waals surface area contributed by atoms with Crippen LogP contribution in [0.5, 0.6) is 0 Å². The molecule has 0 saturated carbocycles. The largest absolute Gasteiger partial charge is 0.309 e. The Morgan fingerprint density at radius 2 is 2.16 bits per heavy atom. The summed E-state index contributed by atoms with van der Waals surface area (Å²) in [5.74, 6) is -0.306. The number of aromatic nitrogens is 2. The second-order valence-corrected chi connectivity index (χ2v) is 5.75. The van der Waals surface area contributed by atoms with E-state index in [-0.39, 0.29) is 11.9 Å². The maximum absolute atomic E-state index is 12.9. The van der Waals surface area contributed by atoms with E-state index in [9.17, 15) is 4.39 Å². The molecule has 0 bridgehead atoms. The molecule has 0 aromatic carbocycles. The smallest absolute Gasteiger partial charge is 0.141 e. The van der Waals surface area contributed by atoms with Crippen molar-refractivity contribution in [2.75, 3.05) is 6.54 Å². The molecule has 19 heavy (non-hydrogen) atoms. The van der Waals surface area contributed by atoms with Crippen molar-refractivity contribution < 1.29 is 4.39 Å². The second kappa shape index (κ2) is 6.21. The minimum absolute atomic E-state index is 0.0792. The van der Waals surface area contributed by atoms with Crippen molar-refractivity contribution in [3.8, 4) is 0 Å². The lowest BCUT2D eigenvalue weighted by Crippen LogP contribution is -2.23. The van der Waals surface area contributed by atoms with E-state index in [0.29, 0.717) is 0 Å². The minimum atomic E-state index is -0.306. The van der Waals surface area contributed by atoms with Crippen molar-refractivity contribution in [1.82, 2.24) is 15.3 Å². The molecule has 0 spiro atoms. The van der Waals surface area contributed by atoms with Gasteiger partial charge < -0.3 is 5.32 Å². The first kappa shape index (κ1) is 14.1. The van der Waals surface area contributed by atoms with Gasteiger partial charge in [-0.3, -0.25) is 4.98 Å². The van der Waals surface area contributed by atoms with Crippen molar-refractivity contribution >= 4 is 11.3 Å². The van der Waals surface area contributed by atoms with Crippen molar-refractivity contribution in [3.63, 3.8) is 0 Å². The first-order valence-corrected chi connectivity index (χ1v) is 7.19. The van der Waals surface area contributed by atoms with Gasteiger partial charge in [0.25, 0.3) is 0 Å². The first-order chi connectivity index (χ1) is 9.10. The van der Waals surface area contributed by atoms with Gasteiger partial charge in [0.2, 0.25) is 0 Å². The number of nitrogens with one attached hydrogen (secondary N) is 1. The van der Waals surface area contributed by atoms with Crippen LogP contribution in [0.2, 0.25) is 0 Å². The maximum Gasteiger partial charge on any atom is 0.141 e. The van der Waals surface area contributed by atoms with E-state index in [1.807, 2.05) is 6.92 Å². The highest BCUT2D eigenvalue weighted by molar-refractivity contribution is 7.11. The number of pyridine rings is 1. The van der Waals surface area contributed by atoms with Gasteiger partial charge in [-0.25, -0.2) is 9.37 Å². The highest BCUT2D eigenvalue weighted by Crippen LogP contribution is 2.22. The summed E-state index contributed by atoms with van der Waals surface area (Å²) in [6.45, 7) is 6.99. The Hall–Kier alpha value is -1.33. The Kier molecular flexibility index (Phi) is 4.61. The van der Waals surface area contributed by atoms with Crippen LogP contribution in [0, 0.1) is 19.7 Å². The quantitative estimate of drug-likeness (QED) is 0.913. The zero-order valence-corrected chi connectivity index (χ0v) is 12.2. The summed E-state index contributed by atoms with van der Waals surface area (Å²) in [7, 11) is 0. The normalized spacial score (nSPS) is 12.6. The monoisotopic (exact) mass is 279 g/mol. The molecule has 1 N–H and O–H groups in total. The van der Waals surface area contributed by atoms with E-state index >= 15 is 0 Å². The maximum atomic E-state index is 12.9. The van der Waals surface area contributed by atoms with E-state index < -0.39 is 0 Å². The van der Waals surface area contributed by atoms with Gasteiger partial charge in [0.15, 0.2) is 0 Å². The summed E-state index contributed by atoms with van der Waals surface area (Å²) in [6, 6.07) is 3.26. The van der Waals surface area contributed by atoms with Crippen molar-refractivity contribution in [3.05, 3.63) is 45.4 Å². The SMILES string of the molecule is CCNC(Cc1nc(C)c(C)s1)c1ccc(F)cn1. The van der Waals surface area contributed by atoms with Gasteiger partial charge in [-0.15, -0.1) is 11.3 Å². The van der Waals surface area contributed by atoms with Gasteiger partial charge >= 0.3 is 0 Å². The molecule has 3 nitrogen and oxygen atoms in total. The third-order valence-electron chi connectivity index (χ3n) is 3.01. The fourth-order valence-electron chi connectivity index (χ4n) is 1.92. The fraction of sp³-hybridized carbons (Fsp3) is 0.429. The van der Waals surface area contributed by atoms with Gasteiger partial charge in [-0.1, -0.05) is 6.92 Å². The molecule has 2 heterocycles. The van der Waals surface area contributed by atoms with Crippen LogP contribution in [0.1, 0.15) is 34.2 Å². The molecule has 0 aliphatic carbocycles. The van der Waals surface area contributed by atoms with Crippen molar-refractivity contribution in [2.45, 2.75) is 33.2 Å². The zero-order chi connectivity index (χ0) is 13.8. The summed E-state index contributed by atoms with van der Waals surface area (Å²) in [5.41, 5.74) is 1.94. The molecule has 5 heteroatoms. The average Bonchev–Trinajstić information content (AvgIpc) is 2.69. The summed E-state index contributed by atoms with van der Waals surface area (Å²) in [6.07, 6.45) is 2.05. The van der Waals surface area contributed by atoms with E-state index in [0.717, 1.165) is 29.4 Å². The van der Waals surface area contributed by atoms with Crippen LogP contribution in [0.3, 0.4) is 0 Å². The topological polar surface area (TPSA) is 37.8 Å². The molecule has 1 atom stereocenters. The molecule has 0 aliphatic rings. The van der Waals surface area contributed by atoms with Gasteiger partial charge in [0, 0.05) is 11.3 Å². The minimum Gasteiger partial charge on any atom is -0.309 e. The van der Waals surface area contributed by atoms with Crippen LogP contribution in [0.25, 0.3) is 0 Å². The summed E-state index contributed by atoms with van der Waals surface area (Å²) >= 11 is 1.71. The van der Waals surface area contributed by atoms with Crippen LogP contribution in [0.15, 0.2) is 18.3 Å². The van der Waals surface area contributed by atoms with Gasteiger partial charge in [-0.05, 0) is 32.5 Å². The molecule has 2 aromatic heterocycles. The van der Waals surface area contributed by atoms with Crippen LogP contribution in [-0.2, 0) is 6.42 Å². The highest BCUT2D eigenvalue weighted by atomic mass is 32.1. The molecule has 0 radical (unpaired) electrons. The van der Waals surface area contributed by atoms with E-state index in [4.69, 9.17) is 0 Å². The number of rotatable bonds is 5. The number of halogens is 1. The molecular weight excluding hydrogens is 261 g/mol. The van der Waals surface area contributed by atoms with E-state index in [1.165, 1.54) is 17.1 Å². The van der Waals surface area contributed by atoms with Gasteiger partial charge in [0.05, 0.1) is 28.6 Å². The summed E-state index contributed by atoms with van der Waals surface area (Å²) in [4.78, 5) is 9.96. The third kappa shape index (κ3) is 3.58. The van der Waals surface area contributed by atoms with Crippen molar-refractivity contribution in [2.24, 2.45) is 0 Å². The first-order valence-electron chi connectivity index (χ1n) is 6.38. The Morgan fingerprint density at radius 1 is 1.37 bits per heavy atom. The Bertz CT molecular complexity index is 517. The molecule has 0 amide bonds. The molecule has 0 aliphatic heterocycles. The fourth-order valence-corrected chi connectivity index (χ4v) is 2.90. The predicted molar refractivity (Wildman–Crippen MR) is 75.9 cm³/mol. The van der Waals surface area contributed by atoms with Crippen LogP contribution in [-0.4, -0.2) is 16.5 Å². The molecule has 1 unspecified atom stereocenters. The molecule has 2 rings (SSSR count). The number of nitrogens with zero attached hydrogens (tertiary/aromatic N) is 2. The average molecular weight is 279 g/mol. The second-order valence-electron chi connectivity index (χ2n) is 4.46. The molecular formula is C14H18FN3S. The van der Waals surface area contributed by atoms with Crippen molar-refractivity contribution in [1.29, 1.82) is 0 Å². The number of likely N-dealkylation sites (N-methyl/N-ethyl adjacent to an activating group) is 1. The number of hydrogen-bond donors (Lipinski definition) is 1. The Labute approximate surface area is 116 Å². The lowest BCUT2D eigenvalue weighted by atomic mass is 10.1. The van der Waals surface area contributed by atoms with E-state index in [2.05, 4.69) is 29.1 Å².